The van der Waals surface area contributed by atoms with Crippen molar-refractivity contribution < 1.29 is 70.5 Å². The summed E-state index contributed by atoms with van der Waals surface area (Å²) in [6, 6.07) is 9.39. The number of halogens is 1. The molecule has 4 rings (SSSR count). The number of hydrogen-bond donors (Lipinski definition) is 1. The average Bonchev–Trinajstić information content (AvgIpc) is 3.40. The molecular weight excluding hydrogens is 459 g/mol. The van der Waals surface area contributed by atoms with Gasteiger partial charge in [-0.2, -0.15) is 4.98 Å². The first kappa shape index (κ1) is 25.1. The number of hydrogen-bond acceptors (Lipinski definition) is 8. The summed E-state index contributed by atoms with van der Waals surface area (Å²) in [5.74, 6) is -0.230. The Labute approximate surface area is 233 Å². The number of ether oxygens (including phenoxy) is 1. The van der Waals surface area contributed by atoms with E-state index in [0.717, 1.165) is 17.7 Å². The third-order valence-electron chi connectivity index (χ3n) is 5.11. The van der Waals surface area contributed by atoms with E-state index in [-0.39, 0.29) is 69.4 Å². The van der Waals surface area contributed by atoms with E-state index in [9.17, 15) is 9.90 Å². The van der Waals surface area contributed by atoms with Gasteiger partial charge in [-0.3, -0.25) is 0 Å². The minimum atomic E-state index is -0.967. The van der Waals surface area contributed by atoms with Gasteiger partial charge < -0.3 is 24.5 Å². The van der Waals surface area contributed by atoms with Gasteiger partial charge in [0.15, 0.2) is 0 Å². The van der Waals surface area contributed by atoms with E-state index >= 15 is 0 Å². The number of pyridine rings is 1. The summed E-state index contributed by atoms with van der Waals surface area (Å²) >= 11 is 6.24. The van der Waals surface area contributed by atoms with E-state index in [1.54, 1.807) is 12.3 Å². The van der Waals surface area contributed by atoms with Gasteiger partial charge in [-0.15, -0.1) is 0 Å². The number of carbonyl (C=O) groups is 1. The molecular formula is C22H22ClKN4O4. The van der Waals surface area contributed by atoms with Crippen LogP contribution < -0.4 is 66.5 Å². The van der Waals surface area contributed by atoms with Crippen molar-refractivity contribution in [1.29, 1.82) is 0 Å². The fourth-order valence-electron chi connectivity index (χ4n) is 3.59. The number of carboxylic acid groups (broad SMARTS) is 1. The molecule has 0 bridgehead atoms. The molecule has 1 aliphatic rings. The third-order valence-corrected chi connectivity index (χ3v) is 5.38. The largest absolute Gasteiger partial charge is 1.00 e. The number of anilines is 1. The number of aromatic nitrogens is 3. The van der Waals surface area contributed by atoms with Crippen molar-refractivity contribution >= 4 is 23.3 Å². The van der Waals surface area contributed by atoms with Crippen LogP contribution in [0.4, 0.5) is 5.69 Å². The summed E-state index contributed by atoms with van der Waals surface area (Å²) in [6.07, 6.45) is 3.58. The zero-order chi connectivity index (χ0) is 22.0. The molecule has 1 fully saturated rings. The molecule has 3 aromatic rings. The van der Waals surface area contributed by atoms with Crippen LogP contribution in [0, 0.1) is 5.92 Å². The van der Waals surface area contributed by atoms with Crippen LogP contribution >= 0.6 is 11.6 Å². The number of carbonyl (C=O) groups excluding carboxylic acids is 1. The molecule has 10 heteroatoms. The van der Waals surface area contributed by atoms with Crippen LogP contribution in [0.5, 0.6) is 5.88 Å². The van der Waals surface area contributed by atoms with Crippen LogP contribution in [0.1, 0.15) is 33.1 Å². The maximum Gasteiger partial charge on any atom is 1.00 e. The minimum Gasteiger partial charge on any atom is -0.550 e. The molecule has 0 amide bonds. The molecule has 2 heterocycles. The summed E-state index contributed by atoms with van der Waals surface area (Å²) in [5.41, 5.74) is 2.30. The second kappa shape index (κ2) is 11.1. The first-order valence-corrected chi connectivity index (χ1v) is 10.5. The Morgan fingerprint density at radius 2 is 2.00 bits per heavy atom. The van der Waals surface area contributed by atoms with Gasteiger partial charge in [0, 0.05) is 35.4 Å². The molecule has 32 heavy (non-hydrogen) atoms. The fraction of sp³-hybridized carbons (Fsp3) is 0.364. The Morgan fingerprint density at radius 1 is 1.25 bits per heavy atom. The summed E-state index contributed by atoms with van der Waals surface area (Å²) in [4.78, 5) is 19.7. The molecule has 1 aromatic carbocycles. The van der Waals surface area contributed by atoms with Gasteiger partial charge in [0.25, 0.3) is 5.89 Å². The van der Waals surface area contributed by atoms with Crippen LogP contribution in [-0.2, 0) is 4.79 Å². The van der Waals surface area contributed by atoms with Crippen molar-refractivity contribution in [3.05, 3.63) is 41.6 Å². The predicted octanol–water partition coefficient (Wildman–Crippen LogP) is 0.574. The van der Waals surface area contributed by atoms with Crippen molar-refractivity contribution in [2.24, 2.45) is 5.92 Å². The predicted molar refractivity (Wildman–Crippen MR) is 113 cm³/mol. The third kappa shape index (κ3) is 6.09. The van der Waals surface area contributed by atoms with Crippen LogP contribution in [0.15, 0.2) is 41.1 Å². The second-order valence-corrected chi connectivity index (χ2v) is 8.26. The standard InChI is InChI=1S/C22H23ClN4O4.K/c1-12(2)30-21-18(23)10-15(11-24-21)20-26-19(27-31-20)13-3-6-16(7-4-13)25-17-8-5-14(9-17)22(28)29;/h3-4,6-7,10-12,14,17,25H,5,8-9H2,1-2H3,(H,28,29);/q;+1/p-1/t14-,17+;/m1./s1. The number of benzene rings is 1. The van der Waals surface area contributed by atoms with E-state index < -0.39 is 5.97 Å². The number of carboxylic acids is 1. The Balaban J connectivity index is 0.00000289. The van der Waals surface area contributed by atoms with Crippen molar-refractivity contribution in [2.75, 3.05) is 5.32 Å². The Kier molecular flexibility index (Phi) is 8.71. The van der Waals surface area contributed by atoms with E-state index in [0.29, 0.717) is 41.0 Å². The molecule has 2 aromatic heterocycles. The molecule has 0 saturated heterocycles. The van der Waals surface area contributed by atoms with Crippen LogP contribution in [0.3, 0.4) is 0 Å². The number of nitrogens with one attached hydrogen (secondary N) is 1. The van der Waals surface area contributed by atoms with Gasteiger partial charge in [0.1, 0.15) is 5.02 Å². The quantitative estimate of drug-likeness (QED) is 0.488. The minimum absolute atomic E-state index is 0. The Bertz CT molecular complexity index is 1070. The molecule has 8 nitrogen and oxygen atoms in total. The number of nitrogens with zero attached hydrogens (tertiary/aromatic N) is 3. The summed E-state index contributed by atoms with van der Waals surface area (Å²) in [7, 11) is 0. The molecule has 0 aliphatic heterocycles. The van der Waals surface area contributed by atoms with Crippen molar-refractivity contribution in [3.8, 4) is 28.7 Å². The van der Waals surface area contributed by atoms with Gasteiger partial charge in [-0.05, 0) is 63.4 Å². The first-order valence-electron chi connectivity index (χ1n) is 10.1. The maximum atomic E-state index is 11.0. The summed E-state index contributed by atoms with van der Waals surface area (Å²) < 4.78 is 10.9. The van der Waals surface area contributed by atoms with Crippen LogP contribution in [0.2, 0.25) is 5.02 Å². The van der Waals surface area contributed by atoms with Crippen molar-refractivity contribution in [2.45, 2.75) is 45.3 Å². The monoisotopic (exact) mass is 480 g/mol. The van der Waals surface area contributed by atoms with Crippen molar-refractivity contribution in [3.63, 3.8) is 0 Å². The topological polar surface area (TPSA) is 113 Å². The van der Waals surface area contributed by atoms with E-state index in [1.807, 2.05) is 38.1 Å². The molecule has 0 unspecified atom stereocenters. The van der Waals surface area contributed by atoms with E-state index in [2.05, 4.69) is 20.4 Å². The maximum absolute atomic E-state index is 11.0. The van der Waals surface area contributed by atoms with Crippen LogP contribution in [0.25, 0.3) is 22.8 Å². The van der Waals surface area contributed by atoms with Crippen LogP contribution in [-0.4, -0.2) is 33.2 Å². The zero-order valence-corrected chi connectivity index (χ0v) is 22.0. The summed E-state index contributed by atoms with van der Waals surface area (Å²) in [6.45, 7) is 3.80. The molecule has 1 N–H and O–H groups in total. The zero-order valence-electron chi connectivity index (χ0n) is 18.2. The Hall–Kier alpha value is -1.49. The summed E-state index contributed by atoms with van der Waals surface area (Å²) in [5, 5.41) is 18.8. The van der Waals surface area contributed by atoms with E-state index in [1.165, 1.54) is 0 Å². The smallest absolute Gasteiger partial charge is 0.550 e. The van der Waals surface area contributed by atoms with Gasteiger partial charge in [-0.25, -0.2) is 4.98 Å². The van der Waals surface area contributed by atoms with Gasteiger partial charge in [-0.1, -0.05) is 16.8 Å². The fourth-order valence-corrected chi connectivity index (χ4v) is 3.80. The average molecular weight is 481 g/mol. The SMILES string of the molecule is CC(C)Oc1ncc(-c2nc(-c3ccc(N[C@H]4CC[C@@H](C(=O)[O-])C4)cc3)no2)cc1Cl.[K+]. The van der Waals surface area contributed by atoms with Gasteiger partial charge in [0.05, 0.1) is 11.7 Å². The molecule has 162 valence electrons. The van der Waals surface area contributed by atoms with Crippen molar-refractivity contribution in [1.82, 2.24) is 15.1 Å². The molecule has 0 radical (unpaired) electrons. The number of rotatable bonds is 7. The normalized spacial score (nSPS) is 17.8. The van der Waals surface area contributed by atoms with Gasteiger partial charge in [0.2, 0.25) is 11.7 Å². The molecule has 0 spiro atoms. The first-order chi connectivity index (χ1) is 14.9. The molecule has 1 saturated carbocycles. The number of aliphatic carboxylic acids is 1. The van der Waals surface area contributed by atoms with E-state index in [4.69, 9.17) is 20.9 Å². The molecule has 2 atom stereocenters. The van der Waals surface area contributed by atoms with Gasteiger partial charge >= 0.3 is 51.4 Å². The molecule has 1 aliphatic carbocycles. The second-order valence-electron chi connectivity index (χ2n) is 7.85. The Morgan fingerprint density at radius 3 is 2.62 bits per heavy atom.